The zero-order valence-electron chi connectivity index (χ0n) is 20.9. The summed E-state index contributed by atoms with van der Waals surface area (Å²) in [5.41, 5.74) is 1.96. The molecule has 190 valence electrons. The number of amides is 2. The Kier molecular flexibility index (Phi) is 10.1. The molecule has 2 amide bonds. The molecule has 0 bridgehead atoms. The molecule has 8 nitrogen and oxygen atoms in total. The van der Waals surface area contributed by atoms with E-state index in [0.29, 0.717) is 16.1 Å². The molecule has 0 aliphatic carbocycles. The van der Waals surface area contributed by atoms with Crippen LogP contribution in [0.15, 0.2) is 42.5 Å². The van der Waals surface area contributed by atoms with Crippen molar-refractivity contribution in [3.63, 3.8) is 0 Å². The summed E-state index contributed by atoms with van der Waals surface area (Å²) in [5, 5.41) is 0.519. The Balaban J connectivity index is 2.34. The molecule has 0 aliphatic heterocycles. The Bertz CT molecular complexity index is 1050. The van der Waals surface area contributed by atoms with Gasteiger partial charge in [0.1, 0.15) is 11.7 Å². The average Bonchev–Trinajstić information content (AvgIpc) is 2.79. The van der Waals surface area contributed by atoms with Gasteiger partial charge in [-0.25, -0.2) is 19.3 Å². The van der Waals surface area contributed by atoms with E-state index >= 15 is 0 Å². The van der Waals surface area contributed by atoms with Crippen molar-refractivity contribution >= 4 is 29.8 Å². The van der Waals surface area contributed by atoms with Crippen LogP contribution in [0, 0.1) is 6.92 Å². The van der Waals surface area contributed by atoms with Gasteiger partial charge in [-0.2, -0.15) is 0 Å². The van der Waals surface area contributed by atoms with Crippen molar-refractivity contribution in [3.05, 3.63) is 69.7 Å². The number of hydrogen-bond acceptors (Lipinski definition) is 7. The summed E-state index contributed by atoms with van der Waals surface area (Å²) in [6.45, 7) is 8.86. The summed E-state index contributed by atoms with van der Waals surface area (Å²) in [4.78, 5) is 37.9. The van der Waals surface area contributed by atoms with Crippen LogP contribution in [-0.4, -0.2) is 55.5 Å². The lowest BCUT2D eigenvalue weighted by atomic mass is 9.96. The van der Waals surface area contributed by atoms with E-state index in [4.69, 9.17) is 30.5 Å². The van der Waals surface area contributed by atoms with Crippen LogP contribution in [0.1, 0.15) is 60.8 Å². The van der Waals surface area contributed by atoms with E-state index in [2.05, 4.69) is 0 Å². The molecule has 0 N–H and O–H groups in total. The minimum Gasteiger partial charge on any atom is -0.462 e. The van der Waals surface area contributed by atoms with Gasteiger partial charge in [0.25, 0.3) is 0 Å². The number of halogens is 1. The highest BCUT2D eigenvalue weighted by molar-refractivity contribution is 6.30. The largest absolute Gasteiger partial charge is 0.462 e. The van der Waals surface area contributed by atoms with E-state index in [0.717, 1.165) is 16.0 Å². The normalized spacial score (nSPS) is 12.0. The number of rotatable bonds is 8. The third kappa shape index (κ3) is 8.26. The number of carbonyl (C=O) groups excluding carboxylic acids is 3. The Morgan fingerprint density at radius 2 is 1.77 bits per heavy atom. The van der Waals surface area contributed by atoms with Crippen LogP contribution < -0.4 is 0 Å². The fraction of sp³-hybridized carbons (Fsp3) is 0.423. The molecule has 0 heterocycles. The van der Waals surface area contributed by atoms with Gasteiger partial charge in [0.15, 0.2) is 0 Å². The Labute approximate surface area is 211 Å². The van der Waals surface area contributed by atoms with Crippen molar-refractivity contribution in [3.8, 4) is 0 Å². The molecule has 1 atom stereocenters. The van der Waals surface area contributed by atoms with E-state index in [1.54, 1.807) is 58.0 Å². The van der Waals surface area contributed by atoms with Crippen molar-refractivity contribution in [2.24, 2.45) is 0 Å². The average molecular weight is 506 g/mol. The van der Waals surface area contributed by atoms with Crippen LogP contribution in [0.3, 0.4) is 0 Å². The van der Waals surface area contributed by atoms with Crippen LogP contribution in [0.5, 0.6) is 0 Å². The van der Waals surface area contributed by atoms with Crippen molar-refractivity contribution in [2.75, 3.05) is 26.9 Å². The molecule has 0 radical (unpaired) electrons. The molecule has 0 fully saturated rings. The number of carbonyl (C=O) groups is 3. The van der Waals surface area contributed by atoms with Crippen LogP contribution in [-0.2, 0) is 18.9 Å². The van der Waals surface area contributed by atoms with Gasteiger partial charge in [-0.1, -0.05) is 29.8 Å². The third-order valence-electron chi connectivity index (χ3n) is 4.83. The summed E-state index contributed by atoms with van der Waals surface area (Å²) in [6.07, 6.45) is -2.34. The second kappa shape index (κ2) is 12.6. The molecule has 0 saturated carbocycles. The summed E-state index contributed by atoms with van der Waals surface area (Å²) in [5.74, 6) is -0.447. The Morgan fingerprint density at radius 3 is 2.40 bits per heavy atom. The second-order valence-electron chi connectivity index (χ2n) is 8.70. The fourth-order valence-corrected chi connectivity index (χ4v) is 3.43. The minimum absolute atomic E-state index is 0.0331. The number of imide groups is 1. The fourth-order valence-electron chi connectivity index (χ4n) is 3.25. The maximum atomic E-state index is 12.5. The van der Waals surface area contributed by atoms with Crippen LogP contribution in [0.25, 0.3) is 0 Å². The number of methoxy groups -OCH3 is 1. The second-order valence-corrected chi connectivity index (χ2v) is 9.14. The first-order chi connectivity index (χ1) is 16.5. The quantitative estimate of drug-likeness (QED) is 0.324. The predicted octanol–water partition coefficient (Wildman–Crippen LogP) is 5.93. The molecule has 35 heavy (non-hydrogen) atoms. The maximum Gasteiger partial charge on any atom is 0.419 e. The third-order valence-corrected chi connectivity index (χ3v) is 5.07. The van der Waals surface area contributed by atoms with Gasteiger partial charge in [-0.05, 0) is 75.6 Å². The van der Waals surface area contributed by atoms with Gasteiger partial charge in [-0.3, -0.25) is 0 Å². The van der Waals surface area contributed by atoms with Crippen molar-refractivity contribution < 1.29 is 33.3 Å². The first kappa shape index (κ1) is 28.1. The number of ether oxygens (including phenoxy) is 4. The number of esters is 1. The predicted molar refractivity (Wildman–Crippen MR) is 132 cm³/mol. The topological polar surface area (TPSA) is 91.4 Å². The molecule has 0 spiro atoms. The Hall–Kier alpha value is -3.10. The van der Waals surface area contributed by atoms with Gasteiger partial charge < -0.3 is 18.9 Å². The number of hydrogen-bond donors (Lipinski definition) is 0. The molecular weight excluding hydrogens is 474 g/mol. The summed E-state index contributed by atoms with van der Waals surface area (Å²) in [6, 6.07) is 12.3. The van der Waals surface area contributed by atoms with Crippen molar-refractivity contribution in [1.29, 1.82) is 0 Å². The lowest BCUT2D eigenvalue weighted by Crippen LogP contribution is -2.42. The monoisotopic (exact) mass is 505 g/mol. The zero-order valence-corrected chi connectivity index (χ0v) is 21.7. The molecule has 0 unspecified atom stereocenters. The van der Waals surface area contributed by atoms with Gasteiger partial charge in [0.2, 0.25) is 0 Å². The van der Waals surface area contributed by atoms with Crippen LogP contribution >= 0.6 is 11.6 Å². The summed E-state index contributed by atoms with van der Waals surface area (Å²) in [7, 11) is 1.18. The highest BCUT2D eigenvalue weighted by Gasteiger charge is 2.28. The minimum atomic E-state index is -0.859. The lowest BCUT2D eigenvalue weighted by molar-refractivity contribution is 0.0122. The van der Waals surface area contributed by atoms with Gasteiger partial charge in [0.05, 0.1) is 32.4 Å². The molecule has 0 saturated heterocycles. The molecule has 0 aromatic heterocycles. The zero-order chi connectivity index (χ0) is 26.2. The smallest absolute Gasteiger partial charge is 0.419 e. The van der Waals surface area contributed by atoms with E-state index in [1.165, 1.54) is 7.11 Å². The molecule has 2 aromatic carbocycles. The first-order valence-electron chi connectivity index (χ1n) is 11.2. The van der Waals surface area contributed by atoms with Gasteiger partial charge in [-0.15, -0.1) is 0 Å². The van der Waals surface area contributed by atoms with Crippen LogP contribution in [0.4, 0.5) is 9.59 Å². The van der Waals surface area contributed by atoms with Gasteiger partial charge in [0, 0.05) is 5.02 Å². The summed E-state index contributed by atoms with van der Waals surface area (Å²) < 4.78 is 21.3. The van der Waals surface area contributed by atoms with Crippen molar-refractivity contribution in [1.82, 2.24) is 4.90 Å². The summed E-state index contributed by atoms with van der Waals surface area (Å²) >= 11 is 6.26. The van der Waals surface area contributed by atoms with Crippen molar-refractivity contribution in [2.45, 2.75) is 46.3 Å². The maximum absolute atomic E-state index is 12.5. The van der Waals surface area contributed by atoms with E-state index in [-0.39, 0.29) is 19.8 Å². The molecule has 9 heteroatoms. The number of benzene rings is 2. The number of aryl methyl sites for hydroxylation is 1. The lowest BCUT2D eigenvalue weighted by Gasteiger charge is -2.26. The van der Waals surface area contributed by atoms with E-state index in [9.17, 15) is 14.4 Å². The Morgan fingerprint density at radius 1 is 1.06 bits per heavy atom. The van der Waals surface area contributed by atoms with E-state index < -0.39 is 29.9 Å². The van der Waals surface area contributed by atoms with E-state index in [1.807, 2.05) is 19.1 Å². The molecule has 2 aromatic rings. The number of nitrogens with zero attached hydrogens (tertiary/aromatic N) is 1. The molecule has 0 aliphatic rings. The van der Waals surface area contributed by atoms with Crippen LogP contribution in [0.2, 0.25) is 5.02 Å². The van der Waals surface area contributed by atoms with Gasteiger partial charge >= 0.3 is 18.2 Å². The molecule has 2 rings (SSSR count). The first-order valence-corrected chi connectivity index (χ1v) is 11.6. The standard InChI is InChI=1S/C26H32ClNO7/c1-7-33-23(29)19-10-8-9-18(15-19)22(21-16-20(27)12-11-17(21)2)34-14-13-28(24(30)32-6)25(31)35-26(3,4)5/h8-12,15-16,22H,7,13-14H2,1-6H3/t22-/m1/s1. The SMILES string of the molecule is CCOC(=O)c1cccc([C@@H](OCCN(C(=O)OC)C(=O)OC(C)(C)C)c2cc(Cl)ccc2C)c1. The molecular formula is C26H32ClNO7. The highest BCUT2D eigenvalue weighted by Crippen LogP contribution is 2.31. The highest BCUT2D eigenvalue weighted by atomic mass is 35.5.